The first kappa shape index (κ1) is 17.2. The lowest BCUT2D eigenvalue weighted by molar-refractivity contribution is -0.139. The van der Waals surface area contributed by atoms with Crippen molar-refractivity contribution in [2.24, 2.45) is 0 Å². The molecule has 0 bridgehead atoms. The summed E-state index contributed by atoms with van der Waals surface area (Å²) >= 11 is 1.47. The van der Waals surface area contributed by atoms with Crippen molar-refractivity contribution in [3.8, 4) is 0 Å². The first-order valence-electron chi connectivity index (χ1n) is 6.14. The predicted octanol–water partition coefficient (Wildman–Crippen LogP) is 1.97. The average Bonchev–Trinajstić information content (AvgIpc) is 2.42. The third kappa shape index (κ3) is 5.99. The van der Waals surface area contributed by atoms with Gasteiger partial charge in [0, 0.05) is 18.2 Å². The maximum Gasteiger partial charge on any atom is 0.326 e. The zero-order valence-electron chi connectivity index (χ0n) is 11.4. The highest BCUT2D eigenvalue weighted by molar-refractivity contribution is 7.98. The van der Waals surface area contributed by atoms with E-state index in [0.717, 1.165) is 6.07 Å². The number of carbonyl (C=O) groups is 2. The van der Waals surface area contributed by atoms with E-state index in [2.05, 4.69) is 10.6 Å². The van der Waals surface area contributed by atoms with Crippen molar-refractivity contribution in [2.45, 2.75) is 19.0 Å². The standard InChI is InChI=1S/C13H16F2N2O3S/c1-21-5-4-11(12(18)19)17-13(20)16-7-8-2-3-9(14)6-10(8)15/h2-3,6,11H,4-5,7H2,1H3,(H,18,19)(H2,16,17,20)/t11-/m1/s1. The van der Waals surface area contributed by atoms with Gasteiger partial charge in [-0.1, -0.05) is 6.07 Å². The van der Waals surface area contributed by atoms with Gasteiger partial charge in [-0.25, -0.2) is 18.4 Å². The number of carbonyl (C=O) groups excluding carboxylic acids is 1. The Balaban J connectivity index is 2.50. The van der Waals surface area contributed by atoms with Crippen LogP contribution in [0, 0.1) is 11.6 Å². The first-order chi connectivity index (χ1) is 9.93. The molecule has 1 aromatic carbocycles. The van der Waals surface area contributed by atoms with E-state index in [-0.39, 0.29) is 18.5 Å². The van der Waals surface area contributed by atoms with Gasteiger partial charge in [0.05, 0.1) is 0 Å². The molecule has 2 amide bonds. The zero-order chi connectivity index (χ0) is 15.8. The van der Waals surface area contributed by atoms with Gasteiger partial charge in [0.2, 0.25) is 0 Å². The fourth-order valence-electron chi connectivity index (χ4n) is 1.54. The number of halogens is 2. The van der Waals surface area contributed by atoms with Crippen molar-refractivity contribution in [3.05, 3.63) is 35.4 Å². The van der Waals surface area contributed by atoms with Crippen molar-refractivity contribution in [3.63, 3.8) is 0 Å². The SMILES string of the molecule is CSCC[C@@H](NC(=O)NCc1ccc(F)cc1F)C(=O)O. The third-order valence-corrected chi connectivity index (χ3v) is 3.31. The Morgan fingerprint density at radius 3 is 2.67 bits per heavy atom. The predicted molar refractivity (Wildman–Crippen MR) is 76.2 cm³/mol. The minimum Gasteiger partial charge on any atom is -0.480 e. The summed E-state index contributed by atoms with van der Waals surface area (Å²) in [6.07, 6.45) is 2.12. The Morgan fingerprint density at radius 2 is 2.10 bits per heavy atom. The van der Waals surface area contributed by atoms with E-state index >= 15 is 0 Å². The largest absolute Gasteiger partial charge is 0.480 e. The molecule has 0 unspecified atom stereocenters. The van der Waals surface area contributed by atoms with Gasteiger partial charge in [0.1, 0.15) is 17.7 Å². The van der Waals surface area contributed by atoms with E-state index in [1.165, 1.54) is 17.8 Å². The Labute approximate surface area is 125 Å². The summed E-state index contributed by atoms with van der Waals surface area (Å²) < 4.78 is 26.1. The number of nitrogens with one attached hydrogen (secondary N) is 2. The van der Waals surface area contributed by atoms with Crippen molar-refractivity contribution in [1.82, 2.24) is 10.6 Å². The van der Waals surface area contributed by atoms with E-state index in [1.807, 2.05) is 6.26 Å². The fraction of sp³-hybridized carbons (Fsp3) is 0.385. The van der Waals surface area contributed by atoms with Crippen molar-refractivity contribution in [2.75, 3.05) is 12.0 Å². The highest BCUT2D eigenvalue weighted by Crippen LogP contribution is 2.09. The summed E-state index contributed by atoms with van der Waals surface area (Å²) in [6.45, 7) is -0.160. The Hall–Kier alpha value is -1.83. The summed E-state index contributed by atoms with van der Waals surface area (Å²) in [5.41, 5.74) is 0.113. The molecule has 0 heterocycles. The van der Waals surface area contributed by atoms with Crippen LogP contribution in [0.4, 0.5) is 13.6 Å². The van der Waals surface area contributed by atoms with Gasteiger partial charge in [-0.3, -0.25) is 0 Å². The Kier molecular flexibility index (Phi) is 6.93. The second-order valence-electron chi connectivity index (χ2n) is 4.24. The minimum absolute atomic E-state index is 0.113. The van der Waals surface area contributed by atoms with Gasteiger partial charge in [0.15, 0.2) is 0 Å². The van der Waals surface area contributed by atoms with Crippen LogP contribution in [-0.2, 0) is 11.3 Å². The second-order valence-corrected chi connectivity index (χ2v) is 5.22. The van der Waals surface area contributed by atoms with Crippen molar-refractivity contribution in [1.29, 1.82) is 0 Å². The summed E-state index contributed by atoms with van der Waals surface area (Å²) in [5, 5.41) is 13.6. The van der Waals surface area contributed by atoms with Gasteiger partial charge in [-0.05, 0) is 24.5 Å². The van der Waals surface area contributed by atoms with Crippen LogP contribution in [0.2, 0.25) is 0 Å². The molecule has 1 rings (SSSR count). The Morgan fingerprint density at radius 1 is 1.38 bits per heavy atom. The number of carboxylic acid groups (broad SMARTS) is 1. The molecule has 1 atom stereocenters. The number of thioether (sulfide) groups is 1. The smallest absolute Gasteiger partial charge is 0.326 e. The number of benzene rings is 1. The maximum atomic E-state index is 13.3. The van der Waals surface area contributed by atoms with Crippen molar-refractivity contribution >= 4 is 23.8 Å². The molecule has 0 spiro atoms. The molecular formula is C13H16F2N2O3S. The second kappa shape index (κ2) is 8.46. The summed E-state index contributed by atoms with van der Waals surface area (Å²) in [7, 11) is 0. The lowest BCUT2D eigenvalue weighted by atomic mass is 10.2. The molecule has 21 heavy (non-hydrogen) atoms. The number of hydrogen-bond acceptors (Lipinski definition) is 3. The van der Waals surface area contributed by atoms with Gasteiger partial charge in [-0.15, -0.1) is 0 Å². The maximum absolute atomic E-state index is 13.3. The van der Waals surface area contributed by atoms with Crippen LogP contribution in [0.15, 0.2) is 18.2 Å². The first-order valence-corrected chi connectivity index (χ1v) is 7.53. The number of carboxylic acids is 1. The number of rotatable bonds is 7. The molecule has 3 N–H and O–H groups in total. The number of aliphatic carboxylic acids is 1. The quantitative estimate of drug-likeness (QED) is 0.718. The molecule has 1 aromatic rings. The van der Waals surface area contributed by atoms with E-state index in [4.69, 9.17) is 5.11 Å². The van der Waals surface area contributed by atoms with Crippen LogP contribution in [0.25, 0.3) is 0 Å². The van der Waals surface area contributed by atoms with Gasteiger partial charge >= 0.3 is 12.0 Å². The average molecular weight is 318 g/mol. The van der Waals surface area contributed by atoms with Crippen LogP contribution < -0.4 is 10.6 Å². The third-order valence-electron chi connectivity index (χ3n) is 2.67. The van der Waals surface area contributed by atoms with E-state index in [1.54, 1.807) is 0 Å². The van der Waals surface area contributed by atoms with Crippen LogP contribution in [-0.4, -0.2) is 35.2 Å². The number of hydrogen-bond donors (Lipinski definition) is 3. The molecule has 5 nitrogen and oxygen atoms in total. The van der Waals surface area contributed by atoms with Crippen molar-refractivity contribution < 1.29 is 23.5 Å². The monoisotopic (exact) mass is 318 g/mol. The molecule has 8 heteroatoms. The van der Waals surface area contributed by atoms with E-state index in [0.29, 0.717) is 11.8 Å². The molecular weight excluding hydrogens is 302 g/mol. The summed E-state index contributed by atoms with van der Waals surface area (Å²) in [5.74, 6) is -2.02. The molecule has 116 valence electrons. The molecule has 0 fully saturated rings. The Bertz CT molecular complexity index is 514. The summed E-state index contributed by atoms with van der Waals surface area (Å²) in [4.78, 5) is 22.5. The van der Waals surface area contributed by atoms with Crippen LogP contribution in [0.3, 0.4) is 0 Å². The van der Waals surface area contributed by atoms with Gasteiger partial charge in [-0.2, -0.15) is 11.8 Å². The lowest BCUT2D eigenvalue weighted by Gasteiger charge is -2.14. The van der Waals surface area contributed by atoms with Crippen LogP contribution in [0.5, 0.6) is 0 Å². The van der Waals surface area contributed by atoms with E-state index in [9.17, 15) is 18.4 Å². The highest BCUT2D eigenvalue weighted by Gasteiger charge is 2.19. The molecule has 0 aliphatic heterocycles. The molecule has 0 aliphatic rings. The molecule has 0 saturated heterocycles. The molecule has 0 radical (unpaired) electrons. The normalized spacial score (nSPS) is 11.8. The summed E-state index contributed by atoms with van der Waals surface area (Å²) in [6, 6.07) is 1.29. The lowest BCUT2D eigenvalue weighted by Crippen LogP contribution is -2.46. The topological polar surface area (TPSA) is 78.4 Å². The molecule has 0 saturated carbocycles. The van der Waals surface area contributed by atoms with Gasteiger partial charge in [0.25, 0.3) is 0 Å². The zero-order valence-corrected chi connectivity index (χ0v) is 12.2. The number of urea groups is 1. The van der Waals surface area contributed by atoms with E-state index < -0.39 is 29.7 Å². The van der Waals surface area contributed by atoms with Gasteiger partial charge < -0.3 is 15.7 Å². The fourth-order valence-corrected chi connectivity index (χ4v) is 2.01. The number of amides is 2. The molecule has 0 aromatic heterocycles. The minimum atomic E-state index is -1.13. The van der Waals surface area contributed by atoms with Crippen LogP contribution in [0.1, 0.15) is 12.0 Å². The van der Waals surface area contributed by atoms with Crippen LogP contribution >= 0.6 is 11.8 Å². The molecule has 0 aliphatic carbocycles. The highest BCUT2D eigenvalue weighted by atomic mass is 32.2.